The Kier molecular flexibility index (Phi) is 4.22. The van der Waals surface area contributed by atoms with Gasteiger partial charge in [-0.15, -0.1) is 0 Å². The molecule has 0 bridgehead atoms. The first-order chi connectivity index (χ1) is 9.00. The van der Waals surface area contributed by atoms with Crippen molar-refractivity contribution in [3.05, 3.63) is 33.5 Å². The molecule has 1 aliphatic carbocycles. The van der Waals surface area contributed by atoms with E-state index in [1.54, 1.807) is 12.1 Å². The minimum Gasteiger partial charge on any atom is -0.211 e. The second-order valence-corrected chi connectivity index (χ2v) is 6.32. The Labute approximate surface area is 121 Å². The number of isocyanates is 1. The molecule has 1 fully saturated rings. The summed E-state index contributed by atoms with van der Waals surface area (Å²) in [6.07, 6.45) is 5.00. The maximum atomic E-state index is 14.4. The minimum atomic E-state index is -0.709. The van der Waals surface area contributed by atoms with Crippen LogP contribution in [0, 0.1) is 5.82 Å². The molecule has 0 saturated heterocycles. The van der Waals surface area contributed by atoms with Gasteiger partial charge in [-0.25, -0.2) is 9.18 Å². The SMILES string of the molecule is CC(C)c1cc(Br)c(F)c(C2(N=C=O)CCCC2)c1. The van der Waals surface area contributed by atoms with Crippen LogP contribution in [0.1, 0.15) is 56.6 Å². The summed E-state index contributed by atoms with van der Waals surface area (Å²) in [7, 11) is 0. The fourth-order valence-electron chi connectivity index (χ4n) is 2.77. The van der Waals surface area contributed by atoms with E-state index in [2.05, 4.69) is 34.8 Å². The molecule has 0 heterocycles. The van der Waals surface area contributed by atoms with Gasteiger partial charge in [-0.05, 0) is 46.3 Å². The van der Waals surface area contributed by atoms with Crippen molar-refractivity contribution in [2.24, 2.45) is 4.99 Å². The summed E-state index contributed by atoms with van der Waals surface area (Å²) in [6, 6.07) is 3.66. The van der Waals surface area contributed by atoms with Gasteiger partial charge in [0.25, 0.3) is 0 Å². The average molecular weight is 326 g/mol. The molecule has 1 aromatic rings. The zero-order valence-electron chi connectivity index (χ0n) is 11.2. The predicted molar refractivity (Wildman–Crippen MR) is 76.5 cm³/mol. The minimum absolute atomic E-state index is 0.300. The summed E-state index contributed by atoms with van der Waals surface area (Å²) in [4.78, 5) is 14.7. The predicted octanol–water partition coefficient (Wildman–Crippen LogP) is 4.82. The summed E-state index contributed by atoms with van der Waals surface area (Å²) in [6.45, 7) is 4.13. The second-order valence-electron chi connectivity index (χ2n) is 5.46. The Morgan fingerprint density at radius 3 is 2.53 bits per heavy atom. The molecule has 2 rings (SSSR count). The standard InChI is InChI=1S/C15H17BrFNO/c1-10(2)11-7-12(14(17)13(16)8-11)15(18-9-19)5-3-4-6-15/h7-8,10H,3-6H2,1-2H3. The van der Waals surface area contributed by atoms with E-state index in [0.29, 0.717) is 28.8 Å². The second kappa shape index (κ2) is 5.56. The third kappa shape index (κ3) is 2.65. The summed E-state index contributed by atoms with van der Waals surface area (Å²) in [5, 5.41) is 0. The molecule has 2 nitrogen and oxygen atoms in total. The Morgan fingerprint density at radius 1 is 1.37 bits per heavy atom. The van der Waals surface area contributed by atoms with E-state index >= 15 is 0 Å². The normalized spacial score (nSPS) is 17.5. The van der Waals surface area contributed by atoms with Crippen molar-refractivity contribution in [2.75, 3.05) is 0 Å². The first kappa shape index (κ1) is 14.4. The van der Waals surface area contributed by atoms with Gasteiger partial charge in [-0.1, -0.05) is 32.8 Å². The molecule has 19 heavy (non-hydrogen) atoms. The van der Waals surface area contributed by atoms with Crippen LogP contribution in [0.15, 0.2) is 21.6 Å². The Morgan fingerprint density at radius 2 is 2.00 bits per heavy atom. The van der Waals surface area contributed by atoms with Gasteiger partial charge < -0.3 is 0 Å². The molecule has 0 aromatic heterocycles. The van der Waals surface area contributed by atoms with Crippen molar-refractivity contribution < 1.29 is 9.18 Å². The van der Waals surface area contributed by atoms with E-state index in [1.165, 1.54) is 0 Å². The summed E-state index contributed by atoms with van der Waals surface area (Å²) in [5.41, 5.74) is 0.876. The largest absolute Gasteiger partial charge is 0.235 e. The number of nitrogens with zero attached hydrogens (tertiary/aromatic N) is 1. The van der Waals surface area contributed by atoms with Crippen LogP contribution in [0.4, 0.5) is 4.39 Å². The Hall–Kier alpha value is -0.990. The number of carbonyl (C=O) groups excluding carboxylic acids is 1. The topological polar surface area (TPSA) is 29.4 Å². The van der Waals surface area contributed by atoms with Crippen molar-refractivity contribution in [2.45, 2.75) is 51.0 Å². The zero-order chi connectivity index (χ0) is 14.0. The van der Waals surface area contributed by atoms with Crippen LogP contribution >= 0.6 is 15.9 Å². The molecule has 102 valence electrons. The molecule has 0 spiro atoms. The molecular weight excluding hydrogens is 309 g/mol. The molecule has 1 aromatic carbocycles. The highest BCUT2D eigenvalue weighted by Crippen LogP contribution is 2.45. The molecule has 1 aliphatic rings. The van der Waals surface area contributed by atoms with Gasteiger partial charge in [0.2, 0.25) is 6.08 Å². The maximum absolute atomic E-state index is 14.4. The van der Waals surface area contributed by atoms with Crippen LogP contribution in [0.25, 0.3) is 0 Å². The van der Waals surface area contributed by atoms with Crippen molar-refractivity contribution in [3.8, 4) is 0 Å². The summed E-state index contributed by atoms with van der Waals surface area (Å²) < 4.78 is 14.9. The molecule has 0 N–H and O–H groups in total. The third-order valence-corrected chi connectivity index (χ3v) is 4.49. The number of rotatable bonds is 3. The molecule has 0 amide bonds. The summed E-state index contributed by atoms with van der Waals surface area (Å²) >= 11 is 3.27. The van der Waals surface area contributed by atoms with Crippen LogP contribution < -0.4 is 0 Å². The highest BCUT2D eigenvalue weighted by Gasteiger charge is 2.38. The lowest BCUT2D eigenvalue weighted by Crippen LogP contribution is -2.21. The highest BCUT2D eigenvalue weighted by atomic mass is 79.9. The lowest BCUT2D eigenvalue weighted by atomic mass is 9.86. The van der Waals surface area contributed by atoms with Gasteiger partial charge in [0.1, 0.15) is 11.4 Å². The molecule has 0 unspecified atom stereocenters. The number of hydrogen-bond acceptors (Lipinski definition) is 2. The first-order valence-corrected chi connectivity index (χ1v) is 7.38. The van der Waals surface area contributed by atoms with Crippen molar-refractivity contribution >= 4 is 22.0 Å². The van der Waals surface area contributed by atoms with Crippen molar-refractivity contribution in [1.82, 2.24) is 0 Å². The van der Waals surface area contributed by atoms with E-state index in [1.807, 2.05) is 6.07 Å². The van der Waals surface area contributed by atoms with Gasteiger partial charge in [-0.3, -0.25) is 0 Å². The zero-order valence-corrected chi connectivity index (χ0v) is 12.8. The smallest absolute Gasteiger partial charge is 0.211 e. The van der Waals surface area contributed by atoms with Gasteiger partial charge in [-0.2, -0.15) is 4.99 Å². The van der Waals surface area contributed by atoms with Crippen molar-refractivity contribution in [1.29, 1.82) is 0 Å². The quantitative estimate of drug-likeness (QED) is 0.578. The van der Waals surface area contributed by atoms with E-state index in [4.69, 9.17) is 0 Å². The van der Waals surface area contributed by atoms with E-state index < -0.39 is 5.54 Å². The van der Waals surface area contributed by atoms with Crippen LogP contribution in [0.3, 0.4) is 0 Å². The average Bonchev–Trinajstić information content (AvgIpc) is 2.82. The van der Waals surface area contributed by atoms with Gasteiger partial charge in [0, 0.05) is 5.56 Å². The molecule has 0 atom stereocenters. The highest BCUT2D eigenvalue weighted by molar-refractivity contribution is 9.10. The van der Waals surface area contributed by atoms with Gasteiger partial charge in [0.05, 0.1) is 4.47 Å². The number of halogens is 2. The molecule has 0 radical (unpaired) electrons. The van der Waals surface area contributed by atoms with Crippen LogP contribution in [-0.4, -0.2) is 6.08 Å². The maximum Gasteiger partial charge on any atom is 0.235 e. The van der Waals surface area contributed by atoms with Gasteiger partial charge >= 0.3 is 0 Å². The molecule has 0 aliphatic heterocycles. The van der Waals surface area contributed by atoms with Crippen LogP contribution in [0.5, 0.6) is 0 Å². The summed E-state index contributed by atoms with van der Waals surface area (Å²) in [5.74, 6) is -0.000358. The third-order valence-electron chi connectivity index (χ3n) is 3.91. The van der Waals surface area contributed by atoms with Crippen LogP contribution in [0.2, 0.25) is 0 Å². The Balaban J connectivity index is 2.62. The fraction of sp³-hybridized carbons (Fsp3) is 0.533. The molecule has 1 saturated carbocycles. The fourth-order valence-corrected chi connectivity index (χ4v) is 3.25. The monoisotopic (exact) mass is 325 g/mol. The molecule has 4 heteroatoms. The lowest BCUT2D eigenvalue weighted by molar-refractivity contribution is 0.428. The lowest BCUT2D eigenvalue weighted by Gasteiger charge is -2.25. The first-order valence-electron chi connectivity index (χ1n) is 6.58. The van der Waals surface area contributed by atoms with Crippen LogP contribution in [-0.2, 0) is 10.3 Å². The number of benzene rings is 1. The van der Waals surface area contributed by atoms with Gasteiger partial charge in [0.15, 0.2) is 0 Å². The van der Waals surface area contributed by atoms with Crippen molar-refractivity contribution in [3.63, 3.8) is 0 Å². The molecular formula is C15H17BrFNO. The number of hydrogen-bond donors (Lipinski definition) is 0. The van der Waals surface area contributed by atoms with E-state index in [9.17, 15) is 9.18 Å². The Bertz CT molecular complexity index is 529. The van der Waals surface area contributed by atoms with E-state index in [0.717, 1.165) is 18.4 Å². The van der Waals surface area contributed by atoms with E-state index in [-0.39, 0.29) is 5.82 Å². The number of aliphatic imine (C=N–C) groups is 1.